The van der Waals surface area contributed by atoms with Gasteiger partial charge >= 0.3 is 0 Å². The third-order valence-electron chi connectivity index (χ3n) is 9.74. The number of carbonyl (C=O) groups is 2. The number of benzene rings is 1. The smallest absolute Gasteiger partial charge is 0.223 e. The Balaban J connectivity index is 1.14. The van der Waals surface area contributed by atoms with Crippen molar-refractivity contribution in [1.82, 2.24) is 9.62 Å². The summed E-state index contributed by atoms with van der Waals surface area (Å²) in [5, 5.41) is 3.08. The molecule has 0 radical (unpaired) electrons. The first kappa shape index (κ1) is 23.0. The van der Waals surface area contributed by atoms with Gasteiger partial charge in [0.25, 0.3) is 0 Å². The molecule has 3 unspecified atom stereocenters. The van der Waals surface area contributed by atoms with Gasteiger partial charge in [-0.1, -0.05) is 44.2 Å². The Hall–Kier alpha value is -1.73. The molecule has 33 heavy (non-hydrogen) atoms. The van der Waals surface area contributed by atoms with Gasteiger partial charge < -0.3 is 5.32 Å². The van der Waals surface area contributed by atoms with Crippen molar-refractivity contribution in [1.29, 1.82) is 0 Å². The van der Waals surface area contributed by atoms with E-state index in [1.165, 1.54) is 5.56 Å². The van der Waals surface area contributed by atoms with Gasteiger partial charge in [-0.2, -0.15) is 0 Å². The zero-order valence-corrected chi connectivity index (χ0v) is 20.6. The molecule has 4 aliphatic rings. The highest BCUT2D eigenvalue weighted by molar-refractivity contribution is 7.89. The van der Waals surface area contributed by atoms with Crippen molar-refractivity contribution in [3.63, 3.8) is 0 Å². The third kappa shape index (κ3) is 3.75. The lowest BCUT2D eigenvalue weighted by atomic mass is 9.70. The molecule has 1 aliphatic heterocycles. The molecule has 5 rings (SSSR count). The second-order valence-corrected chi connectivity index (χ2v) is 13.4. The fraction of sp³-hybridized carbons (Fsp3) is 0.692. The van der Waals surface area contributed by atoms with E-state index in [1.807, 2.05) is 18.2 Å². The van der Waals surface area contributed by atoms with Crippen LogP contribution >= 0.6 is 0 Å². The average molecular weight is 473 g/mol. The lowest BCUT2D eigenvalue weighted by Gasteiger charge is -2.39. The molecule has 1 saturated heterocycles. The van der Waals surface area contributed by atoms with Crippen molar-refractivity contribution in [3.05, 3.63) is 35.9 Å². The Bertz CT molecular complexity index is 1040. The second-order valence-electron chi connectivity index (χ2n) is 11.5. The topological polar surface area (TPSA) is 83.6 Å². The van der Waals surface area contributed by atoms with Gasteiger partial charge in [0.05, 0.1) is 5.75 Å². The Morgan fingerprint density at radius 3 is 2.42 bits per heavy atom. The maximum atomic E-state index is 13.4. The summed E-state index contributed by atoms with van der Waals surface area (Å²) in [5.74, 6) is 0.533. The molecule has 4 fully saturated rings. The Morgan fingerprint density at radius 2 is 1.82 bits per heavy atom. The molecular formula is C26H36N2O4S. The number of hydrogen-bond donors (Lipinski definition) is 1. The van der Waals surface area contributed by atoms with Gasteiger partial charge in [0.2, 0.25) is 15.9 Å². The first-order chi connectivity index (χ1) is 15.6. The van der Waals surface area contributed by atoms with Gasteiger partial charge in [0, 0.05) is 37.4 Å². The van der Waals surface area contributed by atoms with Crippen molar-refractivity contribution >= 4 is 21.7 Å². The number of piperidine rings is 1. The van der Waals surface area contributed by atoms with E-state index < -0.39 is 15.4 Å². The molecule has 1 aromatic carbocycles. The van der Waals surface area contributed by atoms with Gasteiger partial charge in [-0.15, -0.1) is 0 Å². The molecule has 1 spiro atoms. The summed E-state index contributed by atoms with van der Waals surface area (Å²) in [6, 6.07) is 10.1. The van der Waals surface area contributed by atoms with E-state index in [4.69, 9.17) is 0 Å². The molecule has 180 valence electrons. The van der Waals surface area contributed by atoms with E-state index in [0.717, 1.165) is 32.1 Å². The fourth-order valence-electron chi connectivity index (χ4n) is 7.09. The molecular weight excluding hydrogens is 436 g/mol. The van der Waals surface area contributed by atoms with Crippen molar-refractivity contribution in [2.75, 3.05) is 25.4 Å². The van der Waals surface area contributed by atoms with Crippen LogP contribution < -0.4 is 5.32 Å². The van der Waals surface area contributed by atoms with Crippen molar-refractivity contribution in [2.24, 2.45) is 28.1 Å². The molecule has 6 nitrogen and oxygen atoms in total. The molecule has 1 heterocycles. The Kier molecular flexibility index (Phi) is 5.52. The summed E-state index contributed by atoms with van der Waals surface area (Å²) in [7, 11) is -3.51. The number of sulfonamides is 1. The minimum Gasteiger partial charge on any atom is -0.356 e. The van der Waals surface area contributed by atoms with Gasteiger partial charge in [0.15, 0.2) is 0 Å². The molecule has 2 bridgehead atoms. The van der Waals surface area contributed by atoms with Gasteiger partial charge in [0.1, 0.15) is 5.78 Å². The van der Waals surface area contributed by atoms with Gasteiger partial charge in [-0.25, -0.2) is 12.7 Å². The number of carbonyl (C=O) groups excluding carboxylic acids is 2. The van der Waals surface area contributed by atoms with Crippen molar-refractivity contribution in [2.45, 2.75) is 58.8 Å². The standard InChI is InChI=1S/C26H36N2O4S/c1-24(2)20-8-10-26(24,22(29)16-20)18-33(31,32)28-14-11-25(12-15-28)17-21(25)23(30)27-13-9-19-6-4-3-5-7-19/h3-7,20-21H,8-18H2,1-2H3,(H,27,30). The predicted molar refractivity (Wildman–Crippen MR) is 127 cm³/mol. The third-order valence-corrected chi connectivity index (χ3v) is 11.8. The van der Waals surface area contributed by atoms with Crippen LogP contribution in [0.2, 0.25) is 0 Å². The van der Waals surface area contributed by atoms with Crippen LogP contribution in [0.25, 0.3) is 0 Å². The number of ketones is 1. The van der Waals surface area contributed by atoms with E-state index >= 15 is 0 Å². The number of amides is 1. The first-order valence-corrected chi connectivity index (χ1v) is 14.0. The SMILES string of the molecule is CC1(C)C2CCC1(CS(=O)(=O)N1CCC3(CC1)CC3C(=O)NCCc1ccccc1)C(=O)C2. The van der Waals surface area contributed by atoms with Gasteiger partial charge in [-0.3, -0.25) is 9.59 Å². The van der Waals surface area contributed by atoms with E-state index in [9.17, 15) is 18.0 Å². The maximum Gasteiger partial charge on any atom is 0.223 e. The number of fused-ring (bicyclic) bond motifs is 2. The highest BCUT2D eigenvalue weighted by atomic mass is 32.2. The van der Waals surface area contributed by atoms with Crippen LogP contribution in [0.5, 0.6) is 0 Å². The number of Topliss-reactive ketones (excluding diaryl/α,β-unsaturated/α-hetero) is 1. The molecule has 1 aromatic rings. The zero-order valence-electron chi connectivity index (χ0n) is 19.8. The monoisotopic (exact) mass is 472 g/mol. The highest BCUT2D eigenvalue weighted by Crippen LogP contribution is 2.65. The minimum atomic E-state index is -3.51. The van der Waals surface area contributed by atoms with Crippen LogP contribution in [-0.4, -0.2) is 49.8 Å². The average Bonchev–Trinajstić information content (AvgIpc) is 3.37. The number of nitrogens with zero attached hydrogens (tertiary/aromatic N) is 1. The minimum absolute atomic E-state index is 0.00246. The second kappa shape index (κ2) is 7.91. The van der Waals surface area contributed by atoms with Crippen LogP contribution in [-0.2, 0) is 26.0 Å². The Morgan fingerprint density at radius 1 is 1.12 bits per heavy atom. The number of hydrogen-bond acceptors (Lipinski definition) is 4. The van der Waals surface area contributed by atoms with Crippen molar-refractivity contribution < 1.29 is 18.0 Å². The highest BCUT2D eigenvalue weighted by Gasteiger charge is 2.66. The summed E-state index contributed by atoms with van der Waals surface area (Å²) < 4.78 is 28.4. The van der Waals surface area contributed by atoms with Crippen LogP contribution in [0.4, 0.5) is 0 Å². The molecule has 3 aliphatic carbocycles. The predicted octanol–water partition coefficient (Wildman–Crippen LogP) is 3.17. The van der Waals surface area contributed by atoms with E-state index in [1.54, 1.807) is 4.31 Å². The van der Waals surface area contributed by atoms with Crippen LogP contribution in [0.1, 0.15) is 57.9 Å². The summed E-state index contributed by atoms with van der Waals surface area (Å²) in [6.45, 7) is 5.72. The molecule has 3 saturated carbocycles. The largest absolute Gasteiger partial charge is 0.356 e. The maximum absolute atomic E-state index is 13.4. The molecule has 1 N–H and O–H groups in total. The van der Waals surface area contributed by atoms with Crippen LogP contribution in [0.15, 0.2) is 30.3 Å². The quantitative estimate of drug-likeness (QED) is 0.661. The normalized spacial score (nSPS) is 32.2. The Labute approximate surface area is 197 Å². The van der Waals surface area contributed by atoms with E-state index in [0.29, 0.717) is 38.4 Å². The van der Waals surface area contributed by atoms with Crippen LogP contribution in [0, 0.1) is 28.1 Å². The number of nitrogens with one attached hydrogen (secondary N) is 1. The lowest BCUT2D eigenvalue weighted by Crippen LogP contribution is -2.48. The molecule has 0 aromatic heterocycles. The van der Waals surface area contributed by atoms with Crippen molar-refractivity contribution in [3.8, 4) is 0 Å². The van der Waals surface area contributed by atoms with Crippen LogP contribution in [0.3, 0.4) is 0 Å². The first-order valence-electron chi connectivity index (χ1n) is 12.4. The summed E-state index contributed by atoms with van der Waals surface area (Å²) in [6.07, 6.45) is 5.33. The molecule has 7 heteroatoms. The number of rotatable bonds is 7. The zero-order chi connectivity index (χ0) is 23.5. The molecule has 3 atom stereocenters. The fourth-order valence-corrected chi connectivity index (χ4v) is 9.31. The summed E-state index contributed by atoms with van der Waals surface area (Å²) in [5.41, 5.74) is 0.209. The summed E-state index contributed by atoms with van der Waals surface area (Å²) >= 11 is 0. The van der Waals surface area contributed by atoms with E-state index in [-0.39, 0.29) is 34.2 Å². The van der Waals surface area contributed by atoms with E-state index in [2.05, 4.69) is 31.3 Å². The summed E-state index contributed by atoms with van der Waals surface area (Å²) in [4.78, 5) is 25.5. The van der Waals surface area contributed by atoms with Gasteiger partial charge in [-0.05, 0) is 60.8 Å². The molecule has 1 amide bonds. The lowest BCUT2D eigenvalue weighted by molar-refractivity contribution is -0.128.